The fourth-order valence-electron chi connectivity index (χ4n) is 4.15. The lowest BCUT2D eigenvalue weighted by Gasteiger charge is -2.27. The quantitative estimate of drug-likeness (QED) is 0.230. The average molecular weight is 505 g/mol. The molecule has 1 aliphatic carbocycles. The summed E-state index contributed by atoms with van der Waals surface area (Å²) in [5, 5.41) is 13.4. The summed E-state index contributed by atoms with van der Waals surface area (Å²) in [6.45, 7) is 0. The smallest absolute Gasteiger partial charge is 0.241 e. The van der Waals surface area contributed by atoms with Crippen molar-refractivity contribution in [3.8, 4) is 0 Å². The first-order valence-electron chi connectivity index (χ1n) is 10.8. The predicted octanol–water partition coefficient (Wildman–Crippen LogP) is 4.13. The summed E-state index contributed by atoms with van der Waals surface area (Å²) in [6.07, 6.45) is 2.44. The maximum Gasteiger partial charge on any atom is 0.241 e. The molecular weight excluding hydrogens is 480 g/mol. The molecule has 1 unspecified atom stereocenters. The molecular formula is C26H25BrN4O2. The highest BCUT2D eigenvalue weighted by molar-refractivity contribution is 9.10. The van der Waals surface area contributed by atoms with Gasteiger partial charge in [-0.15, -0.1) is 0 Å². The van der Waals surface area contributed by atoms with Gasteiger partial charge >= 0.3 is 0 Å². The van der Waals surface area contributed by atoms with Crippen LogP contribution in [-0.4, -0.2) is 23.7 Å². The summed E-state index contributed by atoms with van der Waals surface area (Å²) in [7, 11) is 0. The van der Waals surface area contributed by atoms with Crippen LogP contribution in [0.2, 0.25) is 0 Å². The minimum atomic E-state index is -0.981. The molecule has 0 aromatic heterocycles. The van der Waals surface area contributed by atoms with E-state index in [0.717, 1.165) is 23.7 Å². The molecule has 168 valence electrons. The number of fused-ring (bicyclic) bond motifs is 1. The van der Waals surface area contributed by atoms with E-state index in [1.807, 2.05) is 24.3 Å². The monoisotopic (exact) mass is 504 g/mol. The Labute approximate surface area is 201 Å². The molecule has 3 aromatic carbocycles. The number of hydrogen-bond donors (Lipinski definition) is 4. The van der Waals surface area contributed by atoms with Crippen LogP contribution in [0.4, 0.5) is 5.69 Å². The van der Waals surface area contributed by atoms with E-state index in [-0.39, 0.29) is 17.8 Å². The van der Waals surface area contributed by atoms with Crippen LogP contribution in [0.3, 0.4) is 0 Å². The molecule has 3 aromatic rings. The summed E-state index contributed by atoms with van der Waals surface area (Å²) >= 11 is 3.51. The second kappa shape index (κ2) is 10.0. The zero-order chi connectivity index (χ0) is 23.4. The molecule has 7 heteroatoms. The number of carbonyl (C=O) groups is 2. The number of hydrogen-bond acceptors (Lipinski definition) is 3. The van der Waals surface area contributed by atoms with Gasteiger partial charge in [0.05, 0.1) is 0 Å². The van der Waals surface area contributed by atoms with E-state index in [1.165, 1.54) is 11.1 Å². The first-order chi connectivity index (χ1) is 15.9. The Morgan fingerprint density at radius 1 is 0.970 bits per heavy atom. The summed E-state index contributed by atoms with van der Waals surface area (Å²) in [4.78, 5) is 26.5. The lowest BCUT2D eigenvalue weighted by atomic mass is 9.87. The molecule has 0 aliphatic heterocycles. The normalized spacial score (nSPS) is 15.7. The van der Waals surface area contributed by atoms with Gasteiger partial charge in [-0.3, -0.25) is 15.0 Å². The molecule has 1 aliphatic rings. The number of rotatable bonds is 6. The van der Waals surface area contributed by atoms with E-state index in [0.29, 0.717) is 16.8 Å². The summed E-state index contributed by atoms with van der Waals surface area (Å²) in [5.74, 6) is -1.75. The Kier molecular flexibility index (Phi) is 6.89. The first kappa shape index (κ1) is 22.7. The third-order valence-corrected chi connectivity index (χ3v) is 6.36. The highest BCUT2D eigenvalue weighted by Crippen LogP contribution is 2.26. The van der Waals surface area contributed by atoms with Crippen LogP contribution in [0.15, 0.2) is 77.3 Å². The van der Waals surface area contributed by atoms with Crippen molar-refractivity contribution < 1.29 is 9.59 Å². The number of halogens is 1. The van der Waals surface area contributed by atoms with E-state index in [2.05, 4.69) is 38.7 Å². The maximum atomic E-state index is 13.3. The van der Waals surface area contributed by atoms with Crippen LogP contribution in [0.5, 0.6) is 0 Å². The summed E-state index contributed by atoms with van der Waals surface area (Å²) < 4.78 is 1.06. The zero-order valence-electron chi connectivity index (χ0n) is 18.0. The molecule has 2 amide bonds. The molecule has 0 bridgehead atoms. The van der Waals surface area contributed by atoms with Crippen molar-refractivity contribution in [1.82, 2.24) is 5.32 Å². The molecule has 0 spiro atoms. The molecule has 0 radical (unpaired) electrons. The number of amides is 2. The van der Waals surface area contributed by atoms with Crippen molar-refractivity contribution in [2.24, 2.45) is 5.73 Å². The van der Waals surface area contributed by atoms with Crippen LogP contribution in [0.25, 0.3) is 0 Å². The molecule has 0 fully saturated rings. The molecule has 2 atom stereocenters. The van der Waals surface area contributed by atoms with Crippen molar-refractivity contribution in [3.05, 3.63) is 99.5 Å². The van der Waals surface area contributed by atoms with Crippen molar-refractivity contribution in [3.63, 3.8) is 0 Å². The number of amidine groups is 1. The summed E-state index contributed by atoms with van der Waals surface area (Å²) in [5.41, 5.74) is 9.75. The molecule has 5 N–H and O–H groups in total. The van der Waals surface area contributed by atoms with Crippen molar-refractivity contribution in [1.29, 1.82) is 5.41 Å². The van der Waals surface area contributed by atoms with Gasteiger partial charge in [0, 0.05) is 21.8 Å². The van der Waals surface area contributed by atoms with Crippen LogP contribution in [-0.2, 0) is 22.4 Å². The second-order valence-corrected chi connectivity index (χ2v) is 9.10. The van der Waals surface area contributed by atoms with Gasteiger partial charge in [0.2, 0.25) is 11.8 Å². The van der Waals surface area contributed by atoms with Crippen molar-refractivity contribution >= 4 is 39.3 Å². The number of benzene rings is 3. The van der Waals surface area contributed by atoms with Gasteiger partial charge in [-0.2, -0.15) is 0 Å². The molecule has 0 heterocycles. The Hall–Kier alpha value is -3.45. The average Bonchev–Trinajstić information content (AvgIpc) is 2.80. The van der Waals surface area contributed by atoms with Gasteiger partial charge in [0.1, 0.15) is 11.8 Å². The largest absolute Gasteiger partial charge is 0.384 e. The number of nitrogens with two attached hydrogens (primary N) is 1. The van der Waals surface area contributed by atoms with Crippen molar-refractivity contribution in [2.75, 3.05) is 5.32 Å². The third-order valence-electron chi connectivity index (χ3n) is 5.86. The third kappa shape index (κ3) is 5.49. The second-order valence-electron chi connectivity index (χ2n) is 8.19. The number of aryl methyl sites for hydroxylation is 1. The first-order valence-corrected chi connectivity index (χ1v) is 11.6. The van der Waals surface area contributed by atoms with E-state index in [1.54, 1.807) is 36.4 Å². The van der Waals surface area contributed by atoms with Crippen LogP contribution < -0.4 is 16.4 Å². The summed E-state index contributed by atoms with van der Waals surface area (Å²) in [6, 6.07) is 21.9. The SMILES string of the molecule is N=C(N)c1ccc(NC(=O)C(C(=O)N[C@@H]2CCc3cc(Br)ccc3C2)c2ccccc2)cc1. The van der Waals surface area contributed by atoms with E-state index in [9.17, 15) is 9.59 Å². The van der Waals surface area contributed by atoms with E-state index >= 15 is 0 Å². The number of nitrogen functional groups attached to an aromatic ring is 1. The maximum absolute atomic E-state index is 13.3. The van der Waals surface area contributed by atoms with Crippen molar-refractivity contribution in [2.45, 2.75) is 31.2 Å². The number of carbonyl (C=O) groups excluding carboxylic acids is 2. The fourth-order valence-corrected chi connectivity index (χ4v) is 4.55. The van der Waals surface area contributed by atoms with Crippen LogP contribution >= 0.6 is 15.9 Å². The Morgan fingerprint density at radius 3 is 2.39 bits per heavy atom. The predicted molar refractivity (Wildman–Crippen MR) is 133 cm³/mol. The molecule has 0 saturated heterocycles. The molecule has 6 nitrogen and oxygen atoms in total. The zero-order valence-corrected chi connectivity index (χ0v) is 19.6. The molecule has 4 rings (SSSR count). The highest BCUT2D eigenvalue weighted by Gasteiger charge is 2.31. The Morgan fingerprint density at radius 2 is 1.70 bits per heavy atom. The number of anilines is 1. The van der Waals surface area contributed by atoms with Gasteiger partial charge in [0.15, 0.2) is 0 Å². The van der Waals surface area contributed by atoms with Crippen LogP contribution in [0, 0.1) is 5.41 Å². The van der Waals surface area contributed by atoms with Gasteiger partial charge in [-0.25, -0.2) is 0 Å². The lowest BCUT2D eigenvalue weighted by molar-refractivity contribution is -0.129. The Bertz CT molecular complexity index is 1180. The van der Waals surface area contributed by atoms with Gasteiger partial charge in [-0.1, -0.05) is 52.3 Å². The molecule has 33 heavy (non-hydrogen) atoms. The number of nitrogens with one attached hydrogen (secondary N) is 3. The fraction of sp³-hybridized carbons (Fsp3) is 0.192. The molecule has 0 saturated carbocycles. The van der Waals surface area contributed by atoms with E-state index < -0.39 is 11.8 Å². The minimum Gasteiger partial charge on any atom is -0.384 e. The highest BCUT2D eigenvalue weighted by atomic mass is 79.9. The lowest BCUT2D eigenvalue weighted by Crippen LogP contribution is -2.44. The Balaban J connectivity index is 1.50. The topological polar surface area (TPSA) is 108 Å². The minimum absolute atomic E-state index is 0.0277. The standard InChI is InChI=1S/C26H25BrN4O2/c27-20-10-6-19-15-22(13-9-18(19)14-20)31-26(33)23(16-4-2-1-3-5-16)25(32)30-21-11-7-17(8-12-21)24(28)29/h1-8,10-12,14,22-23H,9,13,15H2,(H3,28,29)(H,30,32)(H,31,33)/t22-,23?/m1/s1. The van der Waals surface area contributed by atoms with Crippen LogP contribution in [0.1, 0.15) is 34.6 Å². The van der Waals surface area contributed by atoms with Gasteiger partial charge in [0.25, 0.3) is 0 Å². The van der Waals surface area contributed by atoms with E-state index in [4.69, 9.17) is 11.1 Å². The van der Waals surface area contributed by atoms with Gasteiger partial charge < -0.3 is 16.4 Å². The van der Waals surface area contributed by atoms with Gasteiger partial charge in [-0.05, 0) is 72.4 Å².